The largest absolute Gasteiger partial charge is 0.353 e. The van der Waals surface area contributed by atoms with Crippen LogP contribution in [0.2, 0.25) is 5.02 Å². The van der Waals surface area contributed by atoms with Crippen LogP contribution in [-0.2, 0) is 16.1 Å². The second-order valence-corrected chi connectivity index (χ2v) is 8.70. The number of hydrogen-bond donors (Lipinski definition) is 2. The molecule has 0 unspecified atom stereocenters. The minimum absolute atomic E-state index is 0.0208. The van der Waals surface area contributed by atoms with E-state index in [0.717, 1.165) is 31.2 Å². The van der Waals surface area contributed by atoms with Gasteiger partial charge in [-0.2, -0.15) is 0 Å². The number of rotatable bonds is 6. The first-order valence-electron chi connectivity index (χ1n) is 10.5. The summed E-state index contributed by atoms with van der Waals surface area (Å²) in [5.41, 5.74) is 0.781. The number of carbonyl (C=O) groups is 2. The van der Waals surface area contributed by atoms with E-state index >= 15 is 0 Å². The van der Waals surface area contributed by atoms with E-state index in [0.29, 0.717) is 18.9 Å². The highest BCUT2D eigenvalue weighted by Gasteiger charge is 2.27. The first-order valence-corrected chi connectivity index (χ1v) is 10.9. The highest BCUT2D eigenvalue weighted by molar-refractivity contribution is 6.30. The van der Waals surface area contributed by atoms with Crippen molar-refractivity contribution in [1.82, 2.24) is 10.6 Å². The van der Waals surface area contributed by atoms with E-state index in [-0.39, 0.29) is 28.8 Å². The summed E-state index contributed by atoms with van der Waals surface area (Å²) in [5, 5.41) is 6.16. The second-order valence-electron chi connectivity index (χ2n) is 8.29. The van der Waals surface area contributed by atoms with Gasteiger partial charge in [0.15, 0.2) is 0 Å². The van der Waals surface area contributed by atoms with Crippen LogP contribution >= 0.6 is 11.6 Å². The Hall–Kier alpha value is -1.62. The predicted molar refractivity (Wildman–Crippen MR) is 108 cm³/mol. The van der Waals surface area contributed by atoms with E-state index in [1.807, 2.05) is 0 Å². The van der Waals surface area contributed by atoms with Crippen molar-refractivity contribution in [3.63, 3.8) is 0 Å². The molecule has 28 heavy (non-hydrogen) atoms. The maximum atomic E-state index is 13.2. The number of amides is 2. The minimum atomic E-state index is -0.458. The van der Waals surface area contributed by atoms with Crippen molar-refractivity contribution < 1.29 is 14.0 Å². The van der Waals surface area contributed by atoms with Crippen LogP contribution in [-0.4, -0.2) is 17.9 Å². The number of hydrogen-bond acceptors (Lipinski definition) is 2. The lowest BCUT2D eigenvalue weighted by atomic mass is 9.84. The van der Waals surface area contributed by atoms with E-state index in [2.05, 4.69) is 10.6 Å². The van der Waals surface area contributed by atoms with Crippen molar-refractivity contribution in [2.24, 2.45) is 11.8 Å². The van der Waals surface area contributed by atoms with Crippen molar-refractivity contribution in [2.75, 3.05) is 0 Å². The molecule has 4 nitrogen and oxygen atoms in total. The average Bonchev–Trinajstić information content (AvgIpc) is 2.70. The highest BCUT2D eigenvalue weighted by atomic mass is 35.5. The molecule has 2 fully saturated rings. The Kier molecular flexibility index (Phi) is 7.72. The maximum Gasteiger partial charge on any atom is 0.223 e. The zero-order chi connectivity index (χ0) is 19.9. The molecule has 0 spiro atoms. The van der Waals surface area contributed by atoms with Gasteiger partial charge in [-0.1, -0.05) is 36.9 Å². The van der Waals surface area contributed by atoms with Gasteiger partial charge >= 0.3 is 0 Å². The molecular weight excluding hydrogens is 379 g/mol. The first kappa shape index (κ1) is 21.1. The summed E-state index contributed by atoms with van der Waals surface area (Å²) >= 11 is 5.77. The van der Waals surface area contributed by atoms with Gasteiger partial charge in [-0.3, -0.25) is 9.59 Å². The summed E-state index contributed by atoms with van der Waals surface area (Å²) in [6.07, 6.45) is 10.1. The third kappa shape index (κ3) is 6.20. The zero-order valence-electron chi connectivity index (χ0n) is 16.3. The third-order valence-corrected chi connectivity index (χ3v) is 6.40. The lowest BCUT2D eigenvalue weighted by Gasteiger charge is -2.29. The monoisotopic (exact) mass is 408 g/mol. The van der Waals surface area contributed by atoms with Crippen LogP contribution in [0.15, 0.2) is 18.2 Å². The molecule has 0 heterocycles. The van der Waals surface area contributed by atoms with Crippen molar-refractivity contribution in [1.29, 1.82) is 0 Å². The van der Waals surface area contributed by atoms with E-state index in [1.54, 1.807) is 6.07 Å². The minimum Gasteiger partial charge on any atom is -0.353 e. The molecule has 0 aliphatic heterocycles. The van der Waals surface area contributed by atoms with Crippen LogP contribution in [0.3, 0.4) is 0 Å². The van der Waals surface area contributed by atoms with E-state index in [1.165, 1.54) is 44.2 Å². The van der Waals surface area contributed by atoms with Gasteiger partial charge in [-0.15, -0.1) is 0 Å². The molecule has 2 N–H and O–H groups in total. The molecule has 6 heteroatoms. The topological polar surface area (TPSA) is 58.2 Å². The fourth-order valence-electron chi connectivity index (χ4n) is 4.42. The van der Waals surface area contributed by atoms with Gasteiger partial charge in [0.2, 0.25) is 11.8 Å². The molecule has 0 saturated heterocycles. The fraction of sp³-hybridized carbons (Fsp3) is 0.636. The lowest BCUT2D eigenvalue weighted by Crippen LogP contribution is -2.41. The smallest absolute Gasteiger partial charge is 0.223 e. The highest BCUT2D eigenvalue weighted by Crippen LogP contribution is 2.28. The SMILES string of the molecule is O=C(CC1CCCCC1)NC1CCC(C(=O)NCc2ccc(F)c(Cl)c2)CC1. The second kappa shape index (κ2) is 10.2. The molecule has 0 bridgehead atoms. The molecule has 0 radical (unpaired) electrons. The summed E-state index contributed by atoms with van der Waals surface area (Å²) in [6, 6.07) is 4.66. The van der Waals surface area contributed by atoms with Crippen LogP contribution in [0, 0.1) is 17.7 Å². The van der Waals surface area contributed by atoms with E-state index < -0.39 is 5.82 Å². The Labute approximate surface area is 171 Å². The predicted octanol–water partition coefficient (Wildman–Crippen LogP) is 4.74. The van der Waals surface area contributed by atoms with Gasteiger partial charge in [-0.05, 0) is 62.1 Å². The molecule has 3 rings (SSSR count). The Balaban J connectivity index is 1.36. The van der Waals surface area contributed by atoms with Crippen molar-refractivity contribution >= 4 is 23.4 Å². The van der Waals surface area contributed by atoms with Gasteiger partial charge in [0.05, 0.1) is 5.02 Å². The molecule has 2 aliphatic rings. The summed E-state index contributed by atoms with van der Waals surface area (Å²) < 4.78 is 13.2. The Bertz CT molecular complexity index is 683. The Morgan fingerprint density at radius 3 is 2.43 bits per heavy atom. The number of halogens is 2. The number of benzene rings is 1. The normalized spacial score (nSPS) is 23.2. The van der Waals surface area contributed by atoms with Gasteiger partial charge in [0.25, 0.3) is 0 Å². The molecule has 2 aliphatic carbocycles. The number of nitrogens with one attached hydrogen (secondary N) is 2. The van der Waals surface area contributed by atoms with Crippen molar-refractivity contribution in [2.45, 2.75) is 76.8 Å². The van der Waals surface area contributed by atoms with E-state index in [9.17, 15) is 14.0 Å². The molecular formula is C22H30ClFN2O2. The maximum absolute atomic E-state index is 13.2. The molecule has 2 saturated carbocycles. The molecule has 154 valence electrons. The fourth-order valence-corrected chi connectivity index (χ4v) is 4.63. The van der Waals surface area contributed by atoms with Crippen LogP contribution in [0.25, 0.3) is 0 Å². The van der Waals surface area contributed by atoms with Gasteiger partial charge in [0.1, 0.15) is 5.82 Å². The summed E-state index contributed by atoms with van der Waals surface area (Å²) in [6.45, 7) is 0.344. The van der Waals surface area contributed by atoms with Gasteiger partial charge in [-0.25, -0.2) is 4.39 Å². The van der Waals surface area contributed by atoms with Crippen molar-refractivity contribution in [3.05, 3.63) is 34.6 Å². The third-order valence-electron chi connectivity index (χ3n) is 6.11. The molecule has 2 amide bonds. The Morgan fingerprint density at radius 2 is 1.75 bits per heavy atom. The Morgan fingerprint density at radius 1 is 1.04 bits per heavy atom. The lowest BCUT2D eigenvalue weighted by molar-refractivity contribution is -0.126. The van der Waals surface area contributed by atoms with Crippen LogP contribution in [0.1, 0.15) is 69.8 Å². The van der Waals surface area contributed by atoms with Gasteiger partial charge < -0.3 is 10.6 Å². The first-order chi connectivity index (χ1) is 13.5. The van der Waals surface area contributed by atoms with E-state index in [4.69, 9.17) is 11.6 Å². The van der Waals surface area contributed by atoms with Crippen LogP contribution in [0.5, 0.6) is 0 Å². The van der Waals surface area contributed by atoms with Gasteiger partial charge in [0, 0.05) is 24.9 Å². The van der Waals surface area contributed by atoms with Crippen LogP contribution < -0.4 is 10.6 Å². The summed E-state index contributed by atoms with van der Waals surface area (Å²) in [5.74, 6) is 0.263. The molecule has 0 aromatic heterocycles. The molecule has 1 aromatic rings. The van der Waals surface area contributed by atoms with Crippen LogP contribution in [0.4, 0.5) is 4.39 Å². The molecule has 1 aromatic carbocycles. The standard InChI is InChI=1S/C22H30ClFN2O2/c23-19-12-16(6-11-20(19)24)14-25-22(28)17-7-9-18(10-8-17)26-21(27)13-15-4-2-1-3-5-15/h6,11-12,15,17-18H,1-5,7-10,13-14H2,(H,25,28)(H,26,27). The quantitative estimate of drug-likeness (QED) is 0.714. The number of carbonyl (C=O) groups excluding carboxylic acids is 2. The molecule has 0 atom stereocenters. The zero-order valence-corrected chi connectivity index (χ0v) is 17.1. The summed E-state index contributed by atoms with van der Waals surface area (Å²) in [4.78, 5) is 24.7. The summed E-state index contributed by atoms with van der Waals surface area (Å²) in [7, 11) is 0. The van der Waals surface area contributed by atoms with Crippen molar-refractivity contribution in [3.8, 4) is 0 Å². The average molecular weight is 409 g/mol.